The number of nitro benzene ring substituents is 1. The van der Waals surface area contributed by atoms with Gasteiger partial charge in [0.1, 0.15) is 5.75 Å². The standard InChI is InChI=1S/C17H16N4O4/c1-9-7-12(5-6-14(9)21(23)24)25-17(22)13-8-10(2)18-16-15(13)11(3)19-20(16)4/h5-8H,1-4H3. The summed E-state index contributed by atoms with van der Waals surface area (Å²) in [4.78, 5) is 27.5. The van der Waals surface area contributed by atoms with Crippen LogP contribution in [0.4, 0.5) is 5.69 Å². The van der Waals surface area contributed by atoms with E-state index in [1.165, 1.54) is 18.2 Å². The normalized spacial score (nSPS) is 10.9. The van der Waals surface area contributed by atoms with Crippen molar-refractivity contribution >= 4 is 22.7 Å². The molecule has 0 fully saturated rings. The SMILES string of the molecule is Cc1cc(C(=O)Oc2ccc([N+](=O)[O-])c(C)c2)c2c(C)nn(C)c2n1. The van der Waals surface area contributed by atoms with Crippen molar-refractivity contribution in [3.05, 3.63) is 56.9 Å². The lowest BCUT2D eigenvalue weighted by molar-refractivity contribution is -0.385. The Morgan fingerprint density at radius 2 is 1.96 bits per heavy atom. The Balaban J connectivity index is 2.01. The Morgan fingerprint density at radius 3 is 2.60 bits per heavy atom. The molecule has 3 rings (SSSR count). The fourth-order valence-corrected chi connectivity index (χ4v) is 2.79. The van der Waals surface area contributed by atoms with E-state index >= 15 is 0 Å². The number of esters is 1. The van der Waals surface area contributed by atoms with Gasteiger partial charge < -0.3 is 4.74 Å². The molecule has 128 valence electrons. The first-order valence-electron chi connectivity index (χ1n) is 7.56. The Hall–Kier alpha value is -3.29. The molecule has 0 saturated carbocycles. The minimum absolute atomic E-state index is 0.0231. The van der Waals surface area contributed by atoms with Crippen LogP contribution in [0.15, 0.2) is 24.3 Å². The van der Waals surface area contributed by atoms with Crippen molar-refractivity contribution < 1.29 is 14.5 Å². The lowest BCUT2D eigenvalue weighted by Gasteiger charge is -2.08. The molecule has 0 radical (unpaired) electrons. The first-order valence-corrected chi connectivity index (χ1v) is 7.56. The van der Waals surface area contributed by atoms with Crippen LogP contribution in [0.2, 0.25) is 0 Å². The summed E-state index contributed by atoms with van der Waals surface area (Å²) in [5.41, 5.74) is 2.71. The average Bonchev–Trinajstić information content (AvgIpc) is 2.80. The van der Waals surface area contributed by atoms with E-state index in [0.29, 0.717) is 33.5 Å². The number of rotatable bonds is 3. The Labute approximate surface area is 143 Å². The van der Waals surface area contributed by atoms with Crippen LogP contribution >= 0.6 is 0 Å². The molecule has 1 aromatic carbocycles. The number of benzene rings is 1. The number of hydrogen-bond acceptors (Lipinski definition) is 6. The van der Waals surface area contributed by atoms with Crippen LogP contribution in [0, 0.1) is 30.9 Å². The summed E-state index contributed by atoms with van der Waals surface area (Å²) >= 11 is 0. The van der Waals surface area contributed by atoms with E-state index in [2.05, 4.69) is 10.1 Å². The number of carbonyl (C=O) groups excluding carboxylic acids is 1. The zero-order chi connectivity index (χ0) is 18.3. The van der Waals surface area contributed by atoms with E-state index in [1.807, 2.05) is 0 Å². The molecular weight excluding hydrogens is 324 g/mol. The number of carbonyl (C=O) groups is 1. The van der Waals surface area contributed by atoms with E-state index in [-0.39, 0.29) is 11.4 Å². The maximum atomic E-state index is 12.7. The third-order valence-corrected chi connectivity index (χ3v) is 3.89. The first kappa shape index (κ1) is 16.6. The van der Waals surface area contributed by atoms with Gasteiger partial charge in [-0.15, -0.1) is 0 Å². The Kier molecular flexibility index (Phi) is 3.96. The summed E-state index contributed by atoms with van der Waals surface area (Å²) in [6, 6.07) is 5.85. The number of nitro groups is 1. The smallest absolute Gasteiger partial charge is 0.344 e. The highest BCUT2D eigenvalue weighted by Crippen LogP contribution is 2.26. The number of ether oxygens (including phenoxy) is 1. The van der Waals surface area contributed by atoms with Gasteiger partial charge in [0.05, 0.1) is 21.6 Å². The number of aromatic nitrogens is 3. The molecule has 8 heteroatoms. The molecule has 8 nitrogen and oxygen atoms in total. The van der Waals surface area contributed by atoms with Gasteiger partial charge in [-0.3, -0.25) is 14.8 Å². The van der Waals surface area contributed by atoms with Crippen LogP contribution < -0.4 is 4.74 Å². The topological polar surface area (TPSA) is 100 Å². The van der Waals surface area contributed by atoms with Crippen molar-refractivity contribution in [3.63, 3.8) is 0 Å². The molecule has 0 aliphatic heterocycles. The van der Waals surface area contributed by atoms with E-state index in [0.717, 1.165) is 0 Å². The summed E-state index contributed by atoms with van der Waals surface area (Å²) in [6.07, 6.45) is 0. The largest absolute Gasteiger partial charge is 0.423 e. The molecule has 0 atom stereocenters. The second-order valence-electron chi connectivity index (χ2n) is 5.81. The van der Waals surface area contributed by atoms with Gasteiger partial charge in [-0.05, 0) is 39.0 Å². The fraction of sp³-hybridized carbons (Fsp3) is 0.235. The molecule has 0 saturated heterocycles. The van der Waals surface area contributed by atoms with Crippen LogP contribution in [0.3, 0.4) is 0 Å². The first-order chi connectivity index (χ1) is 11.8. The molecule has 0 aliphatic carbocycles. The van der Waals surface area contributed by atoms with Gasteiger partial charge in [0, 0.05) is 24.4 Å². The van der Waals surface area contributed by atoms with E-state index in [4.69, 9.17) is 4.74 Å². The van der Waals surface area contributed by atoms with Gasteiger partial charge in [0.2, 0.25) is 0 Å². The van der Waals surface area contributed by atoms with Crippen LogP contribution in [0.25, 0.3) is 11.0 Å². The molecule has 0 bridgehead atoms. The zero-order valence-corrected chi connectivity index (χ0v) is 14.2. The molecular formula is C17H16N4O4. The molecule has 0 amide bonds. The van der Waals surface area contributed by atoms with Gasteiger partial charge in [-0.2, -0.15) is 5.10 Å². The molecule has 0 spiro atoms. The Morgan fingerprint density at radius 1 is 1.24 bits per heavy atom. The zero-order valence-electron chi connectivity index (χ0n) is 14.2. The monoisotopic (exact) mass is 340 g/mol. The van der Waals surface area contributed by atoms with Gasteiger partial charge in [-0.25, -0.2) is 9.78 Å². The predicted octanol–water partition coefficient (Wildman–Crippen LogP) is 3.02. The second-order valence-corrected chi connectivity index (χ2v) is 5.81. The average molecular weight is 340 g/mol. The van der Waals surface area contributed by atoms with Gasteiger partial charge >= 0.3 is 5.97 Å². The number of fused-ring (bicyclic) bond motifs is 1. The molecule has 0 unspecified atom stereocenters. The molecule has 2 heterocycles. The number of aryl methyl sites for hydroxylation is 4. The molecule has 25 heavy (non-hydrogen) atoms. The highest BCUT2D eigenvalue weighted by Gasteiger charge is 2.20. The summed E-state index contributed by atoms with van der Waals surface area (Å²) in [5, 5.41) is 15.8. The molecule has 0 aliphatic rings. The third kappa shape index (κ3) is 2.93. The van der Waals surface area contributed by atoms with Gasteiger partial charge in [0.15, 0.2) is 5.65 Å². The lowest BCUT2D eigenvalue weighted by Crippen LogP contribution is -2.10. The van der Waals surface area contributed by atoms with Crippen molar-refractivity contribution in [1.29, 1.82) is 0 Å². The minimum atomic E-state index is -0.556. The van der Waals surface area contributed by atoms with Crippen molar-refractivity contribution in [3.8, 4) is 5.75 Å². The second kappa shape index (κ2) is 5.97. The van der Waals surface area contributed by atoms with Crippen LogP contribution in [-0.4, -0.2) is 25.7 Å². The quantitative estimate of drug-likeness (QED) is 0.314. The van der Waals surface area contributed by atoms with Crippen LogP contribution in [-0.2, 0) is 7.05 Å². The maximum Gasteiger partial charge on any atom is 0.344 e. The van der Waals surface area contributed by atoms with Crippen molar-refractivity contribution in [1.82, 2.24) is 14.8 Å². The van der Waals surface area contributed by atoms with Crippen molar-refractivity contribution in [2.75, 3.05) is 0 Å². The highest BCUT2D eigenvalue weighted by molar-refractivity contribution is 6.04. The fourth-order valence-electron chi connectivity index (χ4n) is 2.79. The van der Waals surface area contributed by atoms with E-state index in [1.54, 1.807) is 38.6 Å². The summed E-state index contributed by atoms with van der Waals surface area (Å²) in [5.74, 6) is -0.308. The maximum absolute atomic E-state index is 12.7. The summed E-state index contributed by atoms with van der Waals surface area (Å²) in [6.45, 7) is 5.18. The summed E-state index contributed by atoms with van der Waals surface area (Å²) in [7, 11) is 1.76. The van der Waals surface area contributed by atoms with Crippen LogP contribution in [0.1, 0.15) is 27.3 Å². The predicted molar refractivity (Wildman–Crippen MR) is 90.8 cm³/mol. The highest BCUT2D eigenvalue weighted by atomic mass is 16.6. The number of nitrogens with zero attached hydrogens (tertiary/aromatic N) is 4. The molecule has 2 aromatic heterocycles. The van der Waals surface area contributed by atoms with E-state index in [9.17, 15) is 14.9 Å². The van der Waals surface area contributed by atoms with Gasteiger partial charge in [0.25, 0.3) is 5.69 Å². The van der Waals surface area contributed by atoms with Crippen molar-refractivity contribution in [2.24, 2.45) is 7.05 Å². The van der Waals surface area contributed by atoms with Crippen molar-refractivity contribution in [2.45, 2.75) is 20.8 Å². The van der Waals surface area contributed by atoms with Gasteiger partial charge in [-0.1, -0.05) is 0 Å². The van der Waals surface area contributed by atoms with Crippen LogP contribution in [0.5, 0.6) is 5.75 Å². The summed E-state index contributed by atoms with van der Waals surface area (Å²) < 4.78 is 7.03. The number of hydrogen-bond donors (Lipinski definition) is 0. The van der Waals surface area contributed by atoms with E-state index < -0.39 is 10.9 Å². The third-order valence-electron chi connectivity index (χ3n) is 3.89. The minimum Gasteiger partial charge on any atom is -0.423 e. The molecule has 0 N–H and O–H groups in total. The number of pyridine rings is 1. The molecule has 3 aromatic rings. The lowest BCUT2D eigenvalue weighted by atomic mass is 10.1. The Bertz CT molecular complexity index is 1020.